The minimum absolute atomic E-state index is 0.0655. The molecule has 1 aromatic heterocycles. The van der Waals surface area contributed by atoms with Gasteiger partial charge in [0.25, 0.3) is 5.91 Å². The van der Waals surface area contributed by atoms with E-state index in [4.69, 9.17) is 4.42 Å². The maximum Gasteiger partial charge on any atom is 0.289 e. The third kappa shape index (κ3) is 2.26. The van der Waals surface area contributed by atoms with Crippen molar-refractivity contribution in [1.82, 2.24) is 9.80 Å². The summed E-state index contributed by atoms with van der Waals surface area (Å²) >= 11 is 0. The molecule has 0 bridgehead atoms. The van der Waals surface area contributed by atoms with Crippen LogP contribution in [0.2, 0.25) is 0 Å². The number of nitrogens with zero attached hydrogens (tertiary/aromatic N) is 2. The number of hydrogen-bond acceptors (Lipinski definition) is 3. The average molecular weight is 274 g/mol. The van der Waals surface area contributed by atoms with Gasteiger partial charge >= 0.3 is 0 Å². The first kappa shape index (κ1) is 12.5. The molecule has 3 aliphatic rings. The van der Waals surface area contributed by atoms with Crippen molar-refractivity contribution in [2.24, 2.45) is 11.8 Å². The predicted molar refractivity (Wildman–Crippen MR) is 75.4 cm³/mol. The van der Waals surface area contributed by atoms with E-state index in [1.165, 1.54) is 38.8 Å². The van der Waals surface area contributed by atoms with Crippen LogP contribution in [0.25, 0.3) is 0 Å². The summed E-state index contributed by atoms with van der Waals surface area (Å²) in [4.78, 5) is 17.1. The van der Waals surface area contributed by atoms with Gasteiger partial charge in [-0.3, -0.25) is 9.69 Å². The van der Waals surface area contributed by atoms with Gasteiger partial charge in [0.1, 0.15) is 0 Å². The van der Waals surface area contributed by atoms with Crippen molar-refractivity contribution in [1.29, 1.82) is 0 Å². The number of amides is 1. The molecule has 0 radical (unpaired) electrons. The van der Waals surface area contributed by atoms with Gasteiger partial charge in [-0.1, -0.05) is 0 Å². The normalized spacial score (nSPS) is 30.5. The van der Waals surface area contributed by atoms with Gasteiger partial charge in [-0.05, 0) is 56.2 Å². The first-order chi connectivity index (χ1) is 9.81. The maximum absolute atomic E-state index is 12.4. The molecule has 3 heterocycles. The Morgan fingerprint density at radius 2 is 2.20 bits per heavy atom. The molecule has 3 fully saturated rings. The third-order valence-electron chi connectivity index (χ3n) is 5.10. The van der Waals surface area contributed by atoms with Crippen LogP contribution in [0.5, 0.6) is 0 Å². The van der Waals surface area contributed by atoms with Gasteiger partial charge in [0, 0.05) is 25.7 Å². The molecule has 0 unspecified atom stereocenters. The second-order valence-electron chi connectivity index (χ2n) is 6.60. The SMILES string of the molecule is O=C(c1ccco1)N1C[C@H]2CCCN(CC3CC3)[C@H]2C1. The van der Waals surface area contributed by atoms with Crippen LogP contribution in [0.3, 0.4) is 0 Å². The zero-order valence-corrected chi connectivity index (χ0v) is 11.8. The van der Waals surface area contributed by atoms with Crippen molar-refractivity contribution < 1.29 is 9.21 Å². The fourth-order valence-corrected chi connectivity index (χ4v) is 3.85. The summed E-state index contributed by atoms with van der Waals surface area (Å²) in [5.74, 6) is 2.15. The summed E-state index contributed by atoms with van der Waals surface area (Å²) in [7, 11) is 0. The van der Waals surface area contributed by atoms with Crippen molar-refractivity contribution in [3.05, 3.63) is 24.2 Å². The van der Waals surface area contributed by atoms with E-state index in [9.17, 15) is 4.79 Å². The number of likely N-dealkylation sites (tertiary alicyclic amines) is 2. The van der Waals surface area contributed by atoms with Crippen LogP contribution in [0.15, 0.2) is 22.8 Å². The average Bonchev–Trinajstić information content (AvgIpc) is 2.97. The smallest absolute Gasteiger partial charge is 0.289 e. The lowest BCUT2D eigenvalue weighted by Crippen LogP contribution is -2.46. The monoisotopic (exact) mass is 274 g/mol. The molecule has 4 heteroatoms. The second kappa shape index (κ2) is 4.92. The number of carbonyl (C=O) groups is 1. The first-order valence-corrected chi connectivity index (χ1v) is 7.88. The zero-order chi connectivity index (χ0) is 13.5. The number of carbonyl (C=O) groups excluding carboxylic acids is 1. The van der Waals surface area contributed by atoms with E-state index in [0.717, 1.165) is 19.0 Å². The van der Waals surface area contributed by atoms with Gasteiger partial charge < -0.3 is 9.32 Å². The number of furan rings is 1. The molecule has 1 aliphatic carbocycles. The molecular weight excluding hydrogens is 252 g/mol. The van der Waals surface area contributed by atoms with Gasteiger partial charge in [-0.15, -0.1) is 0 Å². The van der Waals surface area contributed by atoms with Gasteiger partial charge in [0.05, 0.1) is 6.26 Å². The van der Waals surface area contributed by atoms with Crippen LogP contribution in [-0.2, 0) is 0 Å². The van der Waals surface area contributed by atoms with Crippen LogP contribution >= 0.6 is 0 Å². The topological polar surface area (TPSA) is 36.7 Å². The van der Waals surface area contributed by atoms with Crippen molar-refractivity contribution in [3.8, 4) is 0 Å². The Labute approximate surface area is 119 Å². The van der Waals surface area contributed by atoms with Gasteiger partial charge in [-0.25, -0.2) is 0 Å². The van der Waals surface area contributed by atoms with E-state index in [1.54, 1.807) is 18.4 Å². The molecule has 1 amide bonds. The Bertz CT molecular complexity index is 481. The fourth-order valence-electron chi connectivity index (χ4n) is 3.85. The Hall–Kier alpha value is -1.29. The van der Waals surface area contributed by atoms with Crippen LogP contribution in [0.1, 0.15) is 36.2 Å². The van der Waals surface area contributed by atoms with E-state index in [2.05, 4.69) is 4.90 Å². The maximum atomic E-state index is 12.4. The fraction of sp³-hybridized carbons (Fsp3) is 0.688. The molecular formula is C16H22N2O2. The molecule has 108 valence electrons. The number of hydrogen-bond donors (Lipinski definition) is 0. The summed E-state index contributed by atoms with van der Waals surface area (Å²) in [5.41, 5.74) is 0. The van der Waals surface area contributed by atoms with Crippen molar-refractivity contribution >= 4 is 5.91 Å². The van der Waals surface area contributed by atoms with E-state index in [-0.39, 0.29) is 5.91 Å². The molecule has 20 heavy (non-hydrogen) atoms. The molecule has 4 nitrogen and oxygen atoms in total. The van der Waals surface area contributed by atoms with E-state index < -0.39 is 0 Å². The molecule has 0 aromatic carbocycles. The van der Waals surface area contributed by atoms with Crippen LogP contribution < -0.4 is 0 Å². The Morgan fingerprint density at radius 1 is 1.30 bits per heavy atom. The van der Waals surface area contributed by atoms with Crippen LogP contribution in [0.4, 0.5) is 0 Å². The highest BCUT2D eigenvalue weighted by molar-refractivity contribution is 5.91. The van der Waals surface area contributed by atoms with Crippen LogP contribution in [-0.4, -0.2) is 47.9 Å². The molecule has 4 rings (SSSR count). The standard InChI is InChI=1S/C16H22N2O2/c19-16(15-4-2-8-20-15)18-10-13-3-1-7-17(14(13)11-18)9-12-5-6-12/h2,4,8,12-14H,1,3,5-7,9-11H2/t13-,14+/m1/s1. The van der Waals surface area contributed by atoms with Gasteiger partial charge in [0.15, 0.2) is 5.76 Å². The summed E-state index contributed by atoms with van der Waals surface area (Å²) < 4.78 is 5.26. The van der Waals surface area contributed by atoms with E-state index in [0.29, 0.717) is 17.7 Å². The van der Waals surface area contributed by atoms with Crippen LogP contribution in [0, 0.1) is 11.8 Å². The van der Waals surface area contributed by atoms with Crippen molar-refractivity contribution in [2.45, 2.75) is 31.7 Å². The van der Waals surface area contributed by atoms with Gasteiger partial charge in [0.2, 0.25) is 0 Å². The predicted octanol–water partition coefficient (Wildman–Crippen LogP) is 2.23. The van der Waals surface area contributed by atoms with E-state index in [1.807, 2.05) is 4.90 Å². The quantitative estimate of drug-likeness (QED) is 0.848. The summed E-state index contributed by atoms with van der Waals surface area (Å²) in [6.07, 6.45) is 6.95. The first-order valence-electron chi connectivity index (χ1n) is 7.88. The van der Waals surface area contributed by atoms with Gasteiger partial charge in [-0.2, -0.15) is 0 Å². The Kier molecular flexibility index (Phi) is 3.06. The number of piperidine rings is 1. The van der Waals surface area contributed by atoms with Crippen molar-refractivity contribution in [3.63, 3.8) is 0 Å². The molecule has 0 N–H and O–H groups in total. The van der Waals surface area contributed by atoms with E-state index >= 15 is 0 Å². The lowest BCUT2D eigenvalue weighted by atomic mass is 9.92. The minimum atomic E-state index is 0.0655. The van der Waals surface area contributed by atoms with Crippen molar-refractivity contribution in [2.75, 3.05) is 26.2 Å². The minimum Gasteiger partial charge on any atom is -0.459 e. The molecule has 0 spiro atoms. The lowest BCUT2D eigenvalue weighted by molar-refractivity contribution is 0.0744. The molecule has 2 aliphatic heterocycles. The molecule has 1 aromatic rings. The highest BCUT2D eigenvalue weighted by Gasteiger charge is 2.42. The Balaban J connectivity index is 1.45. The number of rotatable bonds is 3. The summed E-state index contributed by atoms with van der Waals surface area (Å²) in [6.45, 7) is 4.27. The Morgan fingerprint density at radius 3 is 2.95 bits per heavy atom. The highest BCUT2D eigenvalue weighted by atomic mass is 16.3. The highest BCUT2D eigenvalue weighted by Crippen LogP contribution is 2.36. The lowest BCUT2D eigenvalue weighted by Gasteiger charge is -2.36. The number of fused-ring (bicyclic) bond motifs is 1. The summed E-state index contributed by atoms with van der Waals surface area (Å²) in [6, 6.07) is 4.14. The molecule has 2 atom stereocenters. The molecule has 1 saturated carbocycles. The largest absolute Gasteiger partial charge is 0.459 e. The molecule has 2 saturated heterocycles. The third-order valence-corrected chi connectivity index (χ3v) is 5.10. The second-order valence-corrected chi connectivity index (χ2v) is 6.60. The zero-order valence-electron chi connectivity index (χ0n) is 11.8. The summed E-state index contributed by atoms with van der Waals surface area (Å²) in [5, 5.41) is 0.